The summed E-state index contributed by atoms with van der Waals surface area (Å²) < 4.78 is 9.38. The second-order valence-electron chi connectivity index (χ2n) is 6.03. The van der Waals surface area contributed by atoms with Gasteiger partial charge in [-0.3, -0.25) is 0 Å². The molecule has 1 rings (SSSR count). The van der Waals surface area contributed by atoms with E-state index in [2.05, 4.69) is 70.0 Å². The zero-order valence-electron chi connectivity index (χ0n) is 13.8. The van der Waals surface area contributed by atoms with E-state index < -0.39 is 20.8 Å². The van der Waals surface area contributed by atoms with Crippen LogP contribution < -0.4 is 0 Å². The van der Waals surface area contributed by atoms with Crippen molar-refractivity contribution in [2.45, 2.75) is 32.6 Å². The summed E-state index contributed by atoms with van der Waals surface area (Å²) in [6.45, 7) is 2.28. The molecule has 0 bridgehead atoms. The van der Waals surface area contributed by atoms with Crippen LogP contribution in [0, 0.1) is 0 Å². The number of rotatable bonds is 7. The molecule has 0 heterocycles. The minimum atomic E-state index is -2.95. The number of nitrogens with zero attached hydrogens (tertiary/aromatic N) is 3. The van der Waals surface area contributed by atoms with Crippen LogP contribution in [-0.2, 0) is 20.8 Å². The molecule has 0 spiro atoms. The van der Waals surface area contributed by atoms with E-state index in [-0.39, 0.29) is 0 Å². The summed E-state index contributed by atoms with van der Waals surface area (Å²) in [6, 6.07) is 0. The van der Waals surface area contributed by atoms with Crippen LogP contribution in [0.2, 0.25) is 0 Å². The van der Waals surface area contributed by atoms with E-state index in [1.165, 1.54) is 19.3 Å². The van der Waals surface area contributed by atoms with Crippen molar-refractivity contribution in [3.05, 3.63) is 21.1 Å². The molecule has 0 saturated carbocycles. The molecule has 0 amide bonds. The van der Waals surface area contributed by atoms with Gasteiger partial charge in [-0.05, 0) is 0 Å². The van der Waals surface area contributed by atoms with Gasteiger partial charge in [-0.1, -0.05) is 0 Å². The van der Waals surface area contributed by atoms with E-state index >= 15 is 0 Å². The van der Waals surface area contributed by atoms with Crippen LogP contribution in [0.1, 0.15) is 32.6 Å². The Labute approximate surface area is 125 Å². The average molecular weight is 432 g/mol. The molecule has 0 aromatic carbocycles. The summed E-state index contributed by atoms with van der Waals surface area (Å²) in [6.07, 6.45) is 9.75. The molecule has 1 aliphatic carbocycles. The summed E-state index contributed by atoms with van der Waals surface area (Å²) in [5.74, 6) is 0. The van der Waals surface area contributed by atoms with Gasteiger partial charge in [0.15, 0.2) is 0 Å². The third-order valence-electron chi connectivity index (χ3n) is 4.10. The standard InChI is InChI=1S/C9H13.3C2H6N.Hf/c1-2-3-6-9-7-4-5-8-9;3*1-3-2;/h4,7H,2-3,5-6H2,1H3;3*1-2H3;/q;3*-1;+3. The van der Waals surface area contributed by atoms with Gasteiger partial charge in [0.05, 0.1) is 0 Å². The molecular formula is C15H31HfN3. The first-order valence-electron chi connectivity index (χ1n) is 7.30. The fourth-order valence-corrected chi connectivity index (χ4v) is 21.7. The van der Waals surface area contributed by atoms with Crippen molar-refractivity contribution in [3.8, 4) is 0 Å². The predicted octanol–water partition coefficient (Wildman–Crippen LogP) is 2.97. The Bertz CT molecular complexity index is 335. The van der Waals surface area contributed by atoms with Gasteiger partial charge < -0.3 is 0 Å². The third-order valence-corrected chi connectivity index (χ3v) is 22.3. The predicted molar refractivity (Wildman–Crippen MR) is 81.4 cm³/mol. The van der Waals surface area contributed by atoms with Crippen LogP contribution >= 0.6 is 0 Å². The Hall–Kier alpha value is 0.230. The molecular weight excluding hydrogens is 401 g/mol. The Balaban J connectivity index is 3.24. The maximum atomic E-state index is 2.54. The van der Waals surface area contributed by atoms with Crippen molar-refractivity contribution in [2.24, 2.45) is 0 Å². The monoisotopic (exact) mass is 433 g/mol. The van der Waals surface area contributed by atoms with Gasteiger partial charge in [0.25, 0.3) is 0 Å². The average Bonchev–Trinajstić information content (AvgIpc) is 2.74. The van der Waals surface area contributed by atoms with Crippen LogP contribution in [0.25, 0.3) is 0 Å². The van der Waals surface area contributed by atoms with Gasteiger partial charge >= 0.3 is 125 Å². The topological polar surface area (TPSA) is 9.72 Å². The van der Waals surface area contributed by atoms with E-state index in [1.54, 1.807) is 8.90 Å². The van der Waals surface area contributed by atoms with Crippen LogP contribution in [0.5, 0.6) is 0 Å². The second kappa shape index (κ2) is 7.30. The molecule has 0 fully saturated rings. The zero-order chi connectivity index (χ0) is 14.6. The van der Waals surface area contributed by atoms with Gasteiger partial charge in [0.1, 0.15) is 0 Å². The molecule has 0 aliphatic heterocycles. The first kappa shape index (κ1) is 17.3. The van der Waals surface area contributed by atoms with Crippen molar-refractivity contribution < 1.29 is 20.8 Å². The SMILES string of the molecule is CCCCC1=[C]([Hf]([N](C)C)([N](C)C)[N](C)C)CC=C1. The van der Waals surface area contributed by atoms with Gasteiger partial charge in [-0.15, -0.1) is 0 Å². The molecule has 0 aromatic rings. The maximum absolute atomic E-state index is 2.95. The number of allylic oxidation sites excluding steroid dienone is 4. The molecule has 0 N–H and O–H groups in total. The summed E-state index contributed by atoms with van der Waals surface area (Å²) in [4.78, 5) is 0. The Morgan fingerprint density at radius 1 is 1.00 bits per heavy atom. The molecule has 0 aromatic heterocycles. The number of unbranched alkanes of at least 4 members (excludes halogenated alkanes) is 1. The number of hydrogen-bond donors (Lipinski definition) is 0. The molecule has 0 radical (unpaired) electrons. The van der Waals surface area contributed by atoms with Crippen LogP contribution in [-0.4, -0.2) is 50.9 Å². The van der Waals surface area contributed by atoms with Crippen molar-refractivity contribution in [1.82, 2.24) is 8.66 Å². The third kappa shape index (κ3) is 3.29. The van der Waals surface area contributed by atoms with Gasteiger partial charge in [-0.25, -0.2) is 0 Å². The van der Waals surface area contributed by atoms with Gasteiger partial charge in [-0.2, -0.15) is 0 Å². The minimum absolute atomic E-state index is 1.16. The summed E-state index contributed by atoms with van der Waals surface area (Å²) in [5.41, 5.74) is 1.62. The zero-order valence-corrected chi connectivity index (χ0v) is 17.4. The van der Waals surface area contributed by atoms with Crippen LogP contribution in [0.4, 0.5) is 0 Å². The molecule has 19 heavy (non-hydrogen) atoms. The second-order valence-corrected chi connectivity index (χ2v) is 22.4. The molecule has 110 valence electrons. The summed E-state index contributed by atoms with van der Waals surface area (Å²) >= 11 is -2.95. The molecule has 3 nitrogen and oxygen atoms in total. The molecule has 4 heteroatoms. The normalized spacial score (nSPS) is 16.5. The van der Waals surface area contributed by atoms with Crippen LogP contribution in [0.15, 0.2) is 21.1 Å². The quantitative estimate of drug-likeness (QED) is 0.574. The van der Waals surface area contributed by atoms with Crippen molar-refractivity contribution >= 4 is 0 Å². The Morgan fingerprint density at radius 3 is 1.95 bits per heavy atom. The van der Waals surface area contributed by atoms with E-state index in [0.29, 0.717) is 0 Å². The molecule has 0 atom stereocenters. The van der Waals surface area contributed by atoms with Gasteiger partial charge in [0, 0.05) is 0 Å². The summed E-state index contributed by atoms with van der Waals surface area (Å²) in [5, 5.41) is 0. The van der Waals surface area contributed by atoms with Crippen molar-refractivity contribution in [2.75, 3.05) is 42.3 Å². The van der Waals surface area contributed by atoms with Crippen molar-refractivity contribution in [1.29, 1.82) is 0 Å². The number of hydrogen-bond acceptors (Lipinski definition) is 3. The van der Waals surface area contributed by atoms with E-state index in [1.807, 2.05) is 0 Å². The molecule has 0 unspecified atom stereocenters. The van der Waals surface area contributed by atoms with Crippen molar-refractivity contribution in [3.63, 3.8) is 0 Å². The van der Waals surface area contributed by atoms with E-state index in [0.717, 1.165) is 6.42 Å². The fourth-order valence-electron chi connectivity index (χ4n) is 3.51. The molecule has 0 saturated heterocycles. The van der Waals surface area contributed by atoms with E-state index in [4.69, 9.17) is 0 Å². The fraction of sp³-hybridized carbons (Fsp3) is 0.733. The Morgan fingerprint density at radius 2 is 1.53 bits per heavy atom. The van der Waals surface area contributed by atoms with E-state index in [9.17, 15) is 0 Å². The first-order valence-corrected chi connectivity index (χ1v) is 13.9. The molecule has 1 aliphatic rings. The summed E-state index contributed by atoms with van der Waals surface area (Å²) in [7, 11) is 13.6. The van der Waals surface area contributed by atoms with Crippen LogP contribution in [0.3, 0.4) is 0 Å². The van der Waals surface area contributed by atoms with Gasteiger partial charge in [0.2, 0.25) is 0 Å². The Kier molecular flexibility index (Phi) is 6.64. The first-order chi connectivity index (χ1) is 8.88.